The summed E-state index contributed by atoms with van der Waals surface area (Å²) < 4.78 is 0. The molecule has 0 radical (unpaired) electrons. The van der Waals surface area contributed by atoms with Gasteiger partial charge >= 0.3 is 0 Å². The SMILES string of the molecule is CN1N=C(C(=O)N(C)c2nccs2)CCC1=O. The molecule has 0 unspecified atom stereocenters. The molecule has 0 atom stereocenters. The standard InChI is InChI=1S/C10H12N4O2S/c1-13(10-11-5-6-17-10)9(16)7-3-4-8(15)14(2)12-7/h5-6H,3-4H2,1-2H3. The second-order valence-corrected chi connectivity index (χ2v) is 4.52. The highest BCUT2D eigenvalue weighted by molar-refractivity contribution is 7.13. The summed E-state index contributed by atoms with van der Waals surface area (Å²) in [5.74, 6) is -0.280. The molecule has 0 saturated heterocycles. The number of thiazole rings is 1. The van der Waals surface area contributed by atoms with Crippen LogP contribution in [0.15, 0.2) is 16.7 Å². The lowest BCUT2D eigenvalue weighted by Gasteiger charge is -2.21. The minimum absolute atomic E-state index is 0.0709. The Morgan fingerprint density at radius 3 is 2.88 bits per heavy atom. The molecule has 0 spiro atoms. The molecule has 0 N–H and O–H groups in total. The molecule has 2 rings (SSSR count). The first kappa shape index (κ1) is 11.7. The fourth-order valence-electron chi connectivity index (χ4n) is 1.49. The number of aromatic nitrogens is 1. The number of carbonyl (C=O) groups is 2. The molecule has 2 heterocycles. The van der Waals surface area contributed by atoms with E-state index in [-0.39, 0.29) is 11.8 Å². The molecule has 0 aromatic carbocycles. The van der Waals surface area contributed by atoms with E-state index in [0.29, 0.717) is 23.7 Å². The van der Waals surface area contributed by atoms with E-state index in [4.69, 9.17) is 0 Å². The van der Waals surface area contributed by atoms with Crippen LogP contribution in [0, 0.1) is 0 Å². The first-order valence-electron chi connectivity index (χ1n) is 5.11. The predicted molar refractivity (Wildman–Crippen MR) is 65.0 cm³/mol. The van der Waals surface area contributed by atoms with E-state index in [2.05, 4.69) is 10.1 Å². The summed E-state index contributed by atoms with van der Waals surface area (Å²) in [7, 11) is 3.21. The Balaban J connectivity index is 2.16. The molecule has 7 heteroatoms. The molecule has 1 aromatic rings. The molecule has 1 aliphatic rings. The molecule has 6 nitrogen and oxygen atoms in total. The van der Waals surface area contributed by atoms with Gasteiger partial charge in [0, 0.05) is 38.5 Å². The summed E-state index contributed by atoms with van der Waals surface area (Å²) in [6.07, 6.45) is 2.35. The molecule has 0 saturated carbocycles. The zero-order valence-electron chi connectivity index (χ0n) is 9.58. The van der Waals surface area contributed by atoms with E-state index >= 15 is 0 Å². The fraction of sp³-hybridized carbons (Fsp3) is 0.400. The highest BCUT2D eigenvalue weighted by Crippen LogP contribution is 2.17. The van der Waals surface area contributed by atoms with Crippen LogP contribution in [0.2, 0.25) is 0 Å². The van der Waals surface area contributed by atoms with Gasteiger partial charge in [-0.2, -0.15) is 5.10 Å². The molecular formula is C10H12N4O2S. The van der Waals surface area contributed by atoms with E-state index in [0.717, 1.165) is 0 Å². The largest absolute Gasteiger partial charge is 0.286 e. The zero-order valence-corrected chi connectivity index (χ0v) is 10.4. The molecule has 17 heavy (non-hydrogen) atoms. The number of anilines is 1. The van der Waals surface area contributed by atoms with E-state index in [1.165, 1.54) is 21.2 Å². The Bertz CT molecular complexity index is 469. The Labute approximate surface area is 103 Å². The van der Waals surface area contributed by atoms with Crippen LogP contribution in [0.1, 0.15) is 12.8 Å². The van der Waals surface area contributed by atoms with Crippen molar-refractivity contribution in [1.82, 2.24) is 9.99 Å². The van der Waals surface area contributed by atoms with Crippen molar-refractivity contribution in [2.24, 2.45) is 5.10 Å². The van der Waals surface area contributed by atoms with Crippen molar-refractivity contribution in [2.45, 2.75) is 12.8 Å². The Kier molecular flexibility index (Phi) is 3.19. The van der Waals surface area contributed by atoms with Gasteiger partial charge in [0.05, 0.1) is 0 Å². The third-order valence-corrected chi connectivity index (χ3v) is 3.31. The quantitative estimate of drug-likeness (QED) is 0.778. The maximum atomic E-state index is 12.1. The lowest BCUT2D eigenvalue weighted by molar-refractivity contribution is -0.130. The topological polar surface area (TPSA) is 65.9 Å². The third kappa shape index (κ3) is 2.33. The summed E-state index contributed by atoms with van der Waals surface area (Å²) >= 11 is 1.38. The summed E-state index contributed by atoms with van der Waals surface area (Å²) in [6, 6.07) is 0. The predicted octanol–water partition coefficient (Wildman–Crippen LogP) is 0.714. The van der Waals surface area contributed by atoms with Gasteiger partial charge in [-0.3, -0.25) is 14.5 Å². The van der Waals surface area contributed by atoms with Crippen molar-refractivity contribution in [1.29, 1.82) is 0 Å². The lowest BCUT2D eigenvalue weighted by Crippen LogP contribution is -2.38. The summed E-state index contributed by atoms with van der Waals surface area (Å²) in [6.45, 7) is 0. The van der Waals surface area contributed by atoms with Gasteiger partial charge in [0.25, 0.3) is 5.91 Å². The lowest BCUT2D eigenvalue weighted by atomic mass is 10.1. The van der Waals surface area contributed by atoms with Crippen LogP contribution in [-0.2, 0) is 9.59 Å². The molecule has 2 amide bonds. The van der Waals surface area contributed by atoms with Gasteiger partial charge in [0.15, 0.2) is 5.13 Å². The fourth-order valence-corrected chi connectivity index (χ4v) is 2.09. The molecule has 0 bridgehead atoms. The van der Waals surface area contributed by atoms with Crippen LogP contribution in [0.5, 0.6) is 0 Å². The Hall–Kier alpha value is -1.76. The maximum absolute atomic E-state index is 12.1. The second kappa shape index (κ2) is 4.62. The Morgan fingerprint density at radius 2 is 2.29 bits per heavy atom. The minimum Gasteiger partial charge on any atom is -0.286 e. The molecule has 1 aliphatic heterocycles. The van der Waals surface area contributed by atoms with Crippen LogP contribution in [0.4, 0.5) is 5.13 Å². The van der Waals surface area contributed by atoms with Gasteiger partial charge in [-0.05, 0) is 0 Å². The molecule has 1 aromatic heterocycles. The highest BCUT2D eigenvalue weighted by atomic mass is 32.1. The number of hydrogen-bond acceptors (Lipinski definition) is 5. The van der Waals surface area contributed by atoms with Crippen molar-refractivity contribution in [3.8, 4) is 0 Å². The van der Waals surface area contributed by atoms with Gasteiger partial charge in [-0.25, -0.2) is 9.99 Å². The number of hydrazone groups is 1. The van der Waals surface area contributed by atoms with Crippen molar-refractivity contribution >= 4 is 34.0 Å². The monoisotopic (exact) mass is 252 g/mol. The van der Waals surface area contributed by atoms with E-state index in [1.54, 1.807) is 25.7 Å². The van der Waals surface area contributed by atoms with Gasteiger partial charge < -0.3 is 0 Å². The summed E-state index contributed by atoms with van der Waals surface area (Å²) in [5.41, 5.74) is 0.393. The Morgan fingerprint density at radius 1 is 1.53 bits per heavy atom. The normalized spacial score (nSPS) is 15.8. The van der Waals surface area contributed by atoms with Crippen LogP contribution < -0.4 is 4.90 Å². The van der Waals surface area contributed by atoms with Crippen LogP contribution in [0.3, 0.4) is 0 Å². The van der Waals surface area contributed by atoms with Crippen LogP contribution in [0.25, 0.3) is 0 Å². The molecular weight excluding hydrogens is 240 g/mol. The average molecular weight is 252 g/mol. The number of carbonyl (C=O) groups excluding carboxylic acids is 2. The summed E-state index contributed by atoms with van der Waals surface area (Å²) in [4.78, 5) is 28.8. The second-order valence-electron chi connectivity index (χ2n) is 3.64. The number of hydrogen-bond donors (Lipinski definition) is 0. The average Bonchev–Trinajstić information content (AvgIpc) is 2.84. The molecule has 0 fully saturated rings. The van der Waals surface area contributed by atoms with Crippen molar-refractivity contribution < 1.29 is 9.59 Å². The van der Waals surface area contributed by atoms with Gasteiger partial charge in [0.1, 0.15) is 5.71 Å². The van der Waals surface area contributed by atoms with Crippen molar-refractivity contribution in [2.75, 3.05) is 19.0 Å². The molecule has 90 valence electrons. The number of nitrogens with zero attached hydrogens (tertiary/aromatic N) is 4. The van der Waals surface area contributed by atoms with Gasteiger partial charge in [-0.15, -0.1) is 11.3 Å². The zero-order chi connectivity index (χ0) is 12.4. The highest BCUT2D eigenvalue weighted by Gasteiger charge is 2.25. The minimum atomic E-state index is -0.209. The smallest absolute Gasteiger partial charge is 0.276 e. The van der Waals surface area contributed by atoms with Crippen LogP contribution >= 0.6 is 11.3 Å². The van der Waals surface area contributed by atoms with E-state index < -0.39 is 0 Å². The number of amides is 2. The van der Waals surface area contributed by atoms with Crippen LogP contribution in [-0.4, -0.2) is 41.6 Å². The third-order valence-electron chi connectivity index (χ3n) is 2.47. The van der Waals surface area contributed by atoms with Crippen molar-refractivity contribution in [3.63, 3.8) is 0 Å². The maximum Gasteiger partial charge on any atom is 0.276 e. The summed E-state index contributed by atoms with van der Waals surface area (Å²) in [5, 5.41) is 7.62. The molecule has 0 aliphatic carbocycles. The first-order valence-corrected chi connectivity index (χ1v) is 5.99. The van der Waals surface area contributed by atoms with Gasteiger partial charge in [0.2, 0.25) is 5.91 Å². The van der Waals surface area contributed by atoms with Crippen molar-refractivity contribution in [3.05, 3.63) is 11.6 Å². The van der Waals surface area contributed by atoms with E-state index in [1.807, 2.05) is 0 Å². The van der Waals surface area contributed by atoms with E-state index in [9.17, 15) is 9.59 Å². The van der Waals surface area contributed by atoms with Gasteiger partial charge in [-0.1, -0.05) is 0 Å². The number of rotatable bonds is 2. The first-order chi connectivity index (χ1) is 8.09.